The molecule has 28 heavy (non-hydrogen) atoms. The summed E-state index contributed by atoms with van der Waals surface area (Å²) in [5.74, 6) is 0.909. The van der Waals surface area contributed by atoms with Crippen molar-refractivity contribution < 1.29 is 4.79 Å². The summed E-state index contributed by atoms with van der Waals surface area (Å²) < 4.78 is 1.15. The summed E-state index contributed by atoms with van der Waals surface area (Å²) in [5.41, 5.74) is 2.27. The van der Waals surface area contributed by atoms with Gasteiger partial charge in [0.05, 0.1) is 10.2 Å². The number of carbonyl (C=O) groups excluding carboxylic acids is 1. The summed E-state index contributed by atoms with van der Waals surface area (Å²) >= 11 is 3.33. The van der Waals surface area contributed by atoms with Gasteiger partial charge in [-0.25, -0.2) is 4.98 Å². The van der Waals surface area contributed by atoms with Gasteiger partial charge in [0, 0.05) is 30.2 Å². The number of nitrogens with zero attached hydrogens (tertiary/aromatic N) is 3. The number of thioether (sulfide) groups is 1. The van der Waals surface area contributed by atoms with Crippen LogP contribution in [0.2, 0.25) is 0 Å². The molecule has 0 bridgehead atoms. The quantitative estimate of drug-likeness (QED) is 0.466. The molecule has 0 aliphatic carbocycles. The van der Waals surface area contributed by atoms with E-state index >= 15 is 0 Å². The molecule has 3 aromatic rings. The van der Waals surface area contributed by atoms with Crippen molar-refractivity contribution in [3.05, 3.63) is 54.1 Å². The predicted octanol–water partition coefficient (Wildman–Crippen LogP) is 4.94. The molecule has 0 spiro atoms. The van der Waals surface area contributed by atoms with Crippen LogP contribution < -0.4 is 4.90 Å². The van der Waals surface area contributed by atoms with E-state index in [1.54, 1.807) is 23.1 Å². The van der Waals surface area contributed by atoms with E-state index in [0.29, 0.717) is 13.0 Å². The SMILES string of the molecule is CCc1ccc2nc(N(CCN(C)C)C(=O)CCSc3ccccc3)sc2c1. The molecule has 2 aromatic carbocycles. The van der Waals surface area contributed by atoms with E-state index in [1.807, 2.05) is 37.2 Å². The molecule has 0 saturated carbocycles. The first kappa shape index (κ1) is 20.8. The van der Waals surface area contributed by atoms with Crippen LogP contribution in [0.3, 0.4) is 0 Å². The molecule has 1 amide bonds. The van der Waals surface area contributed by atoms with Crippen LogP contribution in [0, 0.1) is 0 Å². The Balaban J connectivity index is 1.73. The Morgan fingerprint density at radius 1 is 1.11 bits per heavy atom. The zero-order valence-corrected chi connectivity index (χ0v) is 18.4. The van der Waals surface area contributed by atoms with E-state index in [9.17, 15) is 4.79 Å². The zero-order chi connectivity index (χ0) is 19.9. The lowest BCUT2D eigenvalue weighted by Gasteiger charge is -2.22. The van der Waals surface area contributed by atoms with E-state index in [1.165, 1.54) is 10.5 Å². The number of thiazole rings is 1. The van der Waals surface area contributed by atoms with E-state index in [4.69, 9.17) is 4.98 Å². The maximum absolute atomic E-state index is 13.0. The van der Waals surface area contributed by atoms with Crippen molar-refractivity contribution in [3.8, 4) is 0 Å². The minimum absolute atomic E-state index is 0.139. The second kappa shape index (κ2) is 10.0. The van der Waals surface area contributed by atoms with Crippen molar-refractivity contribution in [1.82, 2.24) is 9.88 Å². The molecular weight excluding hydrogens is 386 g/mol. The van der Waals surface area contributed by atoms with Crippen LogP contribution >= 0.6 is 23.1 Å². The number of aryl methyl sites for hydroxylation is 1. The third kappa shape index (κ3) is 5.56. The van der Waals surface area contributed by atoms with Crippen LogP contribution in [0.5, 0.6) is 0 Å². The average molecular weight is 414 g/mol. The van der Waals surface area contributed by atoms with Crippen molar-refractivity contribution >= 4 is 44.4 Å². The summed E-state index contributed by atoms with van der Waals surface area (Å²) in [6, 6.07) is 16.6. The molecule has 0 atom stereocenters. The van der Waals surface area contributed by atoms with Crippen LogP contribution in [0.4, 0.5) is 5.13 Å². The Morgan fingerprint density at radius 2 is 1.89 bits per heavy atom. The van der Waals surface area contributed by atoms with Gasteiger partial charge in [-0.1, -0.05) is 42.5 Å². The second-order valence-corrected chi connectivity index (χ2v) is 9.09. The highest BCUT2D eigenvalue weighted by molar-refractivity contribution is 7.99. The van der Waals surface area contributed by atoms with Crippen LogP contribution in [-0.4, -0.2) is 48.7 Å². The highest BCUT2D eigenvalue weighted by Crippen LogP contribution is 2.30. The second-order valence-electron chi connectivity index (χ2n) is 6.91. The highest BCUT2D eigenvalue weighted by atomic mass is 32.2. The van der Waals surface area contributed by atoms with Gasteiger partial charge in [-0.3, -0.25) is 9.69 Å². The van der Waals surface area contributed by atoms with Crippen LogP contribution in [0.25, 0.3) is 10.2 Å². The van der Waals surface area contributed by atoms with Gasteiger partial charge < -0.3 is 4.90 Å². The van der Waals surface area contributed by atoms with Crippen LogP contribution in [0.1, 0.15) is 18.9 Å². The molecular formula is C22H27N3OS2. The molecule has 0 fully saturated rings. The molecule has 6 heteroatoms. The predicted molar refractivity (Wildman–Crippen MR) is 122 cm³/mol. The Morgan fingerprint density at radius 3 is 2.61 bits per heavy atom. The normalized spacial score (nSPS) is 11.3. The highest BCUT2D eigenvalue weighted by Gasteiger charge is 2.19. The molecule has 0 N–H and O–H groups in total. The van der Waals surface area contributed by atoms with Crippen molar-refractivity contribution in [1.29, 1.82) is 0 Å². The van der Waals surface area contributed by atoms with Crippen molar-refractivity contribution in [2.45, 2.75) is 24.7 Å². The topological polar surface area (TPSA) is 36.4 Å². The number of anilines is 1. The maximum atomic E-state index is 13.0. The Hall–Kier alpha value is -1.89. The summed E-state index contributed by atoms with van der Waals surface area (Å²) in [6.45, 7) is 3.62. The summed E-state index contributed by atoms with van der Waals surface area (Å²) in [4.78, 5) is 22.9. The first-order chi connectivity index (χ1) is 13.6. The maximum Gasteiger partial charge on any atom is 0.229 e. The summed E-state index contributed by atoms with van der Waals surface area (Å²) in [5, 5.41) is 0.805. The van der Waals surface area contributed by atoms with Crippen LogP contribution in [0.15, 0.2) is 53.4 Å². The summed E-state index contributed by atoms with van der Waals surface area (Å²) in [6.07, 6.45) is 1.51. The lowest BCUT2D eigenvalue weighted by atomic mass is 10.2. The molecule has 0 aliphatic rings. The van der Waals surface area contributed by atoms with Crippen molar-refractivity contribution in [2.75, 3.05) is 37.8 Å². The Labute approximate surface area is 175 Å². The Bertz CT molecular complexity index is 909. The van der Waals surface area contributed by atoms with Gasteiger partial charge in [0.2, 0.25) is 5.91 Å². The monoisotopic (exact) mass is 413 g/mol. The Kier molecular flexibility index (Phi) is 7.48. The van der Waals surface area contributed by atoms with E-state index in [2.05, 4.69) is 42.2 Å². The van der Waals surface area contributed by atoms with E-state index in [-0.39, 0.29) is 5.91 Å². The van der Waals surface area contributed by atoms with Gasteiger partial charge in [0.1, 0.15) is 0 Å². The van der Waals surface area contributed by atoms with Gasteiger partial charge in [0.25, 0.3) is 0 Å². The molecule has 0 radical (unpaired) electrons. The third-order valence-electron chi connectivity index (χ3n) is 4.48. The fourth-order valence-electron chi connectivity index (χ4n) is 2.83. The molecule has 148 valence electrons. The summed E-state index contributed by atoms with van der Waals surface area (Å²) in [7, 11) is 4.06. The minimum Gasteiger partial charge on any atom is -0.308 e. The smallest absolute Gasteiger partial charge is 0.229 e. The van der Waals surface area contributed by atoms with Gasteiger partial charge in [-0.15, -0.1) is 11.8 Å². The van der Waals surface area contributed by atoms with Crippen molar-refractivity contribution in [2.24, 2.45) is 0 Å². The van der Waals surface area contributed by atoms with Gasteiger partial charge in [-0.05, 0) is 50.3 Å². The van der Waals surface area contributed by atoms with E-state index in [0.717, 1.165) is 34.1 Å². The number of amides is 1. The largest absolute Gasteiger partial charge is 0.308 e. The molecule has 0 aliphatic heterocycles. The number of rotatable bonds is 9. The lowest BCUT2D eigenvalue weighted by molar-refractivity contribution is -0.118. The molecule has 4 nitrogen and oxygen atoms in total. The fourth-order valence-corrected chi connectivity index (χ4v) is 4.76. The van der Waals surface area contributed by atoms with Gasteiger partial charge in [0.15, 0.2) is 5.13 Å². The minimum atomic E-state index is 0.139. The zero-order valence-electron chi connectivity index (χ0n) is 16.7. The van der Waals surface area contributed by atoms with E-state index < -0.39 is 0 Å². The number of hydrogen-bond acceptors (Lipinski definition) is 5. The van der Waals surface area contributed by atoms with Gasteiger partial charge >= 0.3 is 0 Å². The molecule has 1 aromatic heterocycles. The fraction of sp³-hybridized carbons (Fsp3) is 0.364. The molecule has 0 unspecified atom stereocenters. The molecule has 1 heterocycles. The average Bonchev–Trinajstić information content (AvgIpc) is 3.11. The first-order valence-corrected chi connectivity index (χ1v) is 11.4. The standard InChI is InChI=1S/C22H27N3OS2/c1-4-17-10-11-19-20(16-17)28-22(23-19)25(14-13-24(2)3)21(26)12-15-27-18-8-6-5-7-9-18/h5-11,16H,4,12-15H2,1-3H3. The number of carbonyl (C=O) groups is 1. The third-order valence-corrected chi connectivity index (χ3v) is 6.54. The number of benzene rings is 2. The lowest BCUT2D eigenvalue weighted by Crippen LogP contribution is -2.36. The molecule has 0 saturated heterocycles. The number of fused-ring (bicyclic) bond motifs is 1. The van der Waals surface area contributed by atoms with Crippen molar-refractivity contribution in [3.63, 3.8) is 0 Å². The van der Waals surface area contributed by atoms with Crippen LogP contribution in [-0.2, 0) is 11.2 Å². The van der Waals surface area contributed by atoms with Gasteiger partial charge in [-0.2, -0.15) is 0 Å². The number of likely N-dealkylation sites (N-methyl/N-ethyl adjacent to an activating group) is 1. The first-order valence-electron chi connectivity index (χ1n) is 9.59. The number of aromatic nitrogens is 1. The molecule has 3 rings (SSSR count). The number of hydrogen-bond donors (Lipinski definition) is 0.